The minimum atomic E-state index is 0.109. The van der Waals surface area contributed by atoms with Gasteiger partial charge in [-0.15, -0.1) is 0 Å². The predicted octanol–water partition coefficient (Wildman–Crippen LogP) is 2.89. The highest BCUT2D eigenvalue weighted by molar-refractivity contribution is 5.78. The van der Waals surface area contributed by atoms with Crippen LogP contribution in [0.3, 0.4) is 0 Å². The van der Waals surface area contributed by atoms with Crippen molar-refractivity contribution in [1.82, 2.24) is 25.3 Å². The van der Waals surface area contributed by atoms with Crippen LogP contribution in [0.2, 0.25) is 0 Å². The Morgan fingerprint density at radius 1 is 1.10 bits per heavy atom. The Kier molecular flexibility index (Phi) is 7.39. The number of nitrogens with one attached hydrogen (secondary N) is 1. The Labute approximate surface area is 173 Å². The number of carbonyl (C=O) groups excluding carboxylic acids is 1. The number of nitrogens with zero attached hydrogens (tertiary/aromatic N) is 4. The molecule has 1 aliphatic rings. The Hall–Kier alpha value is -2.25. The maximum absolute atomic E-state index is 12.0. The van der Waals surface area contributed by atoms with Gasteiger partial charge in [-0.25, -0.2) is 0 Å². The predicted molar refractivity (Wildman–Crippen MR) is 113 cm³/mol. The number of carbonyl (C=O) groups is 1. The van der Waals surface area contributed by atoms with Crippen LogP contribution >= 0.6 is 0 Å². The fraction of sp³-hybridized carbons (Fsp3) is 0.591. The van der Waals surface area contributed by atoms with Gasteiger partial charge in [-0.3, -0.25) is 14.6 Å². The first-order chi connectivity index (χ1) is 13.9. The van der Waals surface area contributed by atoms with Gasteiger partial charge < -0.3 is 9.84 Å². The molecule has 0 bridgehead atoms. The Morgan fingerprint density at radius 2 is 1.76 bits per heavy atom. The molecule has 1 aromatic carbocycles. The molecule has 1 aliphatic heterocycles. The lowest BCUT2D eigenvalue weighted by atomic mass is 10.0. The monoisotopic (exact) mass is 399 g/mol. The van der Waals surface area contributed by atoms with Crippen molar-refractivity contribution in [2.75, 3.05) is 32.7 Å². The minimum Gasteiger partial charge on any atom is -0.353 e. The maximum atomic E-state index is 12.0. The van der Waals surface area contributed by atoms with Gasteiger partial charge in [-0.1, -0.05) is 50.2 Å². The second-order valence-electron chi connectivity index (χ2n) is 8.22. The van der Waals surface area contributed by atoms with Gasteiger partial charge in [0.1, 0.15) is 0 Å². The molecule has 0 spiro atoms. The molecule has 1 N–H and O–H groups in total. The van der Waals surface area contributed by atoms with Gasteiger partial charge in [0.25, 0.3) is 0 Å². The van der Waals surface area contributed by atoms with Gasteiger partial charge in [-0.05, 0) is 24.8 Å². The van der Waals surface area contributed by atoms with Crippen molar-refractivity contribution in [2.45, 2.75) is 52.6 Å². The first-order valence-corrected chi connectivity index (χ1v) is 10.6. The first-order valence-electron chi connectivity index (χ1n) is 10.6. The van der Waals surface area contributed by atoms with Crippen LogP contribution in [0.1, 0.15) is 51.5 Å². The lowest BCUT2D eigenvalue weighted by Crippen LogP contribution is -2.49. The average Bonchev–Trinajstić information content (AvgIpc) is 3.18. The molecule has 1 unspecified atom stereocenters. The average molecular weight is 400 g/mol. The van der Waals surface area contributed by atoms with Gasteiger partial charge in [0, 0.05) is 37.8 Å². The largest absolute Gasteiger partial charge is 0.353 e. The molecule has 1 atom stereocenters. The molecular weight excluding hydrogens is 366 g/mol. The van der Waals surface area contributed by atoms with E-state index >= 15 is 0 Å². The zero-order valence-electron chi connectivity index (χ0n) is 18.0. The highest BCUT2D eigenvalue weighted by Gasteiger charge is 2.21. The Bertz CT molecular complexity index is 779. The molecule has 0 radical (unpaired) electrons. The van der Waals surface area contributed by atoms with E-state index in [2.05, 4.69) is 58.2 Å². The van der Waals surface area contributed by atoms with Crippen LogP contribution in [0, 0.1) is 0 Å². The van der Waals surface area contributed by atoms with Gasteiger partial charge in [-0.2, -0.15) is 4.98 Å². The van der Waals surface area contributed by atoms with Crippen LogP contribution in [-0.2, 0) is 11.3 Å². The Balaban J connectivity index is 1.47. The molecule has 1 aromatic heterocycles. The number of benzene rings is 1. The number of aromatic nitrogens is 2. The van der Waals surface area contributed by atoms with E-state index in [1.54, 1.807) is 0 Å². The summed E-state index contributed by atoms with van der Waals surface area (Å²) in [6.45, 7) is 13.1. The fourth-order valence-corrected chi connectivity index (χ4v) is 3.38. The second-order valence-corrected chi connectivity index (χ2v) is 8.22. The molecule has 3 rings (SSSR count). The molecule has 1 fully saturated rings. The fourth-order valence-electron chi connectivity index (χ4n) is 3.38. The van der Waals surface area contributed by atoms with E-state index in [0.29, 0.717) is 30.7 Å². The van der Waals surface area contributed by atoms with Crippen LogP contribution in [0.5, 0.6) is 0 Å². The molecule has 158 valence electrons. The summed E-state index contributed by atoms with van der Waals surface area (Å²) in [6.07, 6.45) is 0.952. The standard InChI is InChI=1S/C22H33N5O2/c1-5-17(4)23-20(28)14-26-10-12-27(13-11-26)15-21-24-22(25-29-21)19-8-6-18(7-9-19)16(2)3/h6-9,16-17H,5,10-15H2,1-4H3,(H,23,28). The van der Waals surface area contributed by atoms with Crippen molar-refractivity contribution in [3.63, 3.8) is 0 Å². The Morgan fingerprint density at radius 3 is 2.38 bits per heavy atom. The highest BCUT2D eigenvalue weighted by Crippen LogP contribution is 2.21. The van der Waals surface area contributed by atoms with Gasteiger partial charge in [0.15, 0.2) is 0 Å². The SMILES string of the molecule is CCC(C)NC(=O)CN1CCN(Cc2nc(-c3ccc(C(C)C)cc3)no2)CC1. The van der Waals surface area contributed by atoms with Gasteiger partial charge in [0.2, 0.25) is 17.6 Å². The summed E-state index contributed by atoms with van der Waals surface area (Å²) >= 11 is 0. The normalized spacial score (nSPS) is 16.9. The van der Waals surface area contributed by atoms with Crippen molar-refractivity contribution >= 4 is 5.91 Å². The van der Waals surface area contributed by atoms with E-state index in [9.17, 15) is 4.79 Å². The lowest BCUT2D eigenvalue weighted by Gasteiger charge is -2.33. The van der Waals surface area contributed by atoms with Crippen molar-refractivity contribution in [1.29, 1.82) is 0 Å². The summed E-state index contributed by atoms with van der Waals surface area (Å²) in [6, 6.07) is 8.57. The molecule has 0 saturated carbocycles. The first kappa shape index (κ1) is 21.5. The highest BCUT2D eigenvalue weighted by atomic mass is 16.5. The van der Waals surface area contributed by atoms with E-state index in [-0.39, 0.29) is 11.9 Å². The van der Waals surface area contributed by atoms with Crippen LogP contribution in [-0.4, -0.2) is 64.6 Å². The van der Waals surface area contributed by atoms with E-state index in [1.165, 1.54) is 5.56 Å². The number of piperazine rings is 1. The third kappa shape index (κ3) is 6.11. The third-order valence-electron chi connectivity index (χ3n) is 5.51. The van der Waals surface area contributed by atoms with Crippen molar-refractivity contribution in [2.24, 2.45) is 0 Å². The van der Waals surface area contributed by atoms with Crippen LogP contribution in [0.25, 0.3) is 11.4 Å². The van der Waals surface area contributed by atoms with Crippen molar-refractivity contribution < 1.29 is 9.32 Å². The van der Waals surface area contributed by atoms with E-state index < -0.39 is 0 Å². The molecular formula is C22H33N5O2. The number of amides is 1. The summed E-state index contributed by atoms with van der Waals surface area (Å²) in [4.78, 5) is 21.1. The zero-order chi connectivity index (χ0) is 20.8. The van der Waals surface area contributed by atoms with Gasteiger partial charge in [0.05, 0.1) is 13.1 Å². The quantitative estimate of drug-likeness (QED) is 0.736. The number of hydrogen-bond donors (Lipinski definition) is 1. The molecule has 7 nitrogen and oxygen atoms in total. The molecule has 2 heterocycles. The number of rotatable bonds is 8. The van der Waals surface area contributed by atoms with Gasteiger partial charge >= 0.3 is 0 Å². The molecule has 7 heteroatoms. The summed E-state index contributed by atoms with van der Waals surface area (Å²) < 4.78 is 5.47. The van der Waals surface area contributed by atoms with Crippen LogP contribution < -0.4 is 5.32 Å². The molecule has 1 saturated heterocycles. The summed E-state index contributed by atoms with van der Waals surface area (Å²) in [5.74, 6) is 1.88. The molecule has 29 heavy (non-hydrogen) atoms. The lowest BCUT2D eigenvalue weighted by molar-refractivity contribution is -0.123. The molecule has 0 aliphatic carbocycles. The molecule has 2 aromatic rings. The van der Waals surface area contributed by atoms with E-state index in [4.69, 9.17) is 4.52 Å². The third-order valence-corrected chi connectivity index (χ3v) is 5.51. The zero-order valence-corrected chi connectivity index (χ0v) is 18.0. The van der Waals surface area contributed by atoms with Crippen molar-refractivity contribution in [3.05, 3.63) is 35.7 Å². The van der Waals surface area contributed by atoms with E-state index in [1.807, 2.05) is 19.1 Å². The van der Waals surface area contributed by atoms with Crippen molar-refractivity contribution in [3.8, 4) is 11.4 Å². The summed E-state index contributed by atoms with van der Waals surface area (Å²) in [7, 11) is 0. The van der Waals surface area contributed by atoms with Crippen LogP contribution in [0.4, 0.5) is 0 Å². The molecule has 1 amide bonds. The topological polar surface area (TPSA) is 74.5 Å². The maximum Gasteiger partial charge on any atom is 0.241 e. The second kappa shape index (κ2) is 9.98. The summed E-state index contributed by atoms with van der Waals surface area (Å²) in [5, 5.41) is 7.17. The van der Waals surface area contributed by atoms with E-state index in [0.717, 1.165) is 38.2 Å². The minimum absolute atomic E-state index is 0.109. The summed E-state index contributed by atoms with van der Waals surface area (Å²) in [5.41, 5.74) is 2.27. The number of hydrogen-bond acceptors (Lipinski definition) is 6. The smallest absolute Gasteiger partial charge is 0.241 e. The van der Waals surface area contributed by atoms with Crippen LogP contribution in [0.15, 0.2) is 28.8 Å².